The number of hydrogen-bond acceptors (Lipinski definition) is 2. The summed E-state index contributed by atoms with van der Waals surface area (Å²) in [6, 6.07) is 0. The van der Waals surface area contributed by atoms with Gasteiger partial charge in [-0.15, -0.1) is 24.1 Å². The van der Waals surface area contributed by atoms with Gasteiger partial charge in [0, 0.05) is 23.5 Å². The Hall–Kier alpha value is 0.220. The first-order valence-electron chi connectivity index (χ1n) is 7.06. The third-order valence-corrected chi connectivity index (χ3v) is 8.49. The van der Waals surface area contributed by atoms with E-state index in [2.05, 4.69) is 19.8 Å². The van der Waals surface area contributed by atoms with Crippen LogP contribution >= 0.6 is 11.8 Å². The largest absolute Gasteiger partial charge is 0.615 e. The van der Waals surface area contributed by atoms with Crippen LogP contribution in [0, 0.1) is 36.0 Å². The van der Waals surface area contributed by atoms with Gasteiger partial charge in [-0.3, -0.25) is 0 Å². The minimum atomic E-state index is -0.628. The van der Waals surface area contributed by atoms with Gasteiger partial charge in [-0.25, -0.2) is 0 Å². The highest BCUT2D eigenvalue weighted by atomic mass is 32.3. The molecule has 102 valence electrons. The minimum absolute atomic E-state index is 0.388. The van der Waals surface area contributed by atoms with Crippen LogP contribution in [-0.2, 0) is 11.2 Å². The molecule has 0 N–H and O–H groups in total. The Morgan fingerprint density at radius 3 is 2.44 bits per heavy atom. The van der Waals surface area contributed by atoms with Crippen LogP contribution in [0.2, 0.25) is 0 Å². The molecule has 1 heterocycles. The van der Waals surface area contributed by atoms with E-state index < -0.39 is 11.2 Å². The zero-order valence-corrected chi connectivity index (χ0v) is 13.1. The maximum Gasteiger partial charge on any atom is 0.163 e. The lowest BCUT2D eigenvalue weighted by atomic mass is 9.83. The van der Waals surface area contributed by atoms with Gasteiger partial charge in [0.25, 0.3) is 0 Å². The van der Waals surface area contributed by atoms with Crippen LogP contribution in [0.5, 0.6) is 0 Å². The standard InChI is InChI=1S/C15H24OS2/c1-4-12-5-7-13(8-6-12)15-17-9-14(11(2)3)10-18(15)16/h1,11-15H,5-10H2,2-3H3/t12?,13?,14-,15+,18+/m0/s1. The van der Waals surface area contributed by atoms with Crippen LogP contribution in [0.25, 0.3) is 0 Å². The fourth-order valence-corrected chi connectivity index (χ4v) is 7.47. The van der Waals surface area contributed by atoms with Gasteiger partial charge in [0.15, 0.2) is 4.58 Å². The van der Waals surface area contributed by atoms with Crippen LogP contribution in [0.4, 0.5) is 0 Å². The van der Waals surface area contributed by atoms with Crippen molar-refractivity contribution in [3.05, 3.63) is 0 Å². The monoisotopic (exact) mass is 284 g/mol. The summed E-state index contributed by atoms with van der Waals surface area (Å²) in [6.07, 6.45) is 10.1. The molecule has 0 unspecified atom stereocenters. The molecule has 0 amide bonds. The fraction of sp³-hybridized carbons (Fsp3) is 0.867. The maximum absolute atomic E-state index is 12.4. The summed E-state index contributed by atoms with van der Waals surface area (Å²) in [4.78, 5) is 0. The minimum Gasteiger partial charge on any atom is -0.615 e. The highest BCUT2D eigenvalue weighted by molar-refractivity contribution is 8.14. The van der Waals surface area contributed by atoms with Gasteiger partial charge in [-0.05, 0) is 42.8 Å². The molecule has 0 aromatic heterocycles. The summed E-state index contributed by atoms with van der Waals surface area (Å²) in [5.41, 5.74) is 0. The van der Waals surface area contributed by atoms with Crippen molar-refractivity contribution in [2.24, 2.45) is 23.7 Å². The van der Waals surface area contributed by atoms with E-state index >= 15 is 0 Å². The van der Waals surface area contributed by atoms with Crippen LogP contribution in [0.15, 0.2) is 0 Å². The predicted octanol–water partition coefficient (Wildman–Crippen LogP) is 3.52. The summed E-state index contributed by atoms with van der Waals surface area (Å²) < 4.78 is 12.8. The summed E-state index contributed by atoms with van der Waals surface area (Å²) in [7, 11) is 0. The lowest BCUT2D eigenvalue weighted by Gasteiger charge is -2.38. The Balaban J connectivity index is 1.86. The summed E-state index contributed by atoms with van der Waals surface area (Å²) in [5, 5.41) is 0. The molecule has 0 bridgehead atoms. The van der Waals surface area contributed by atoms with E-state index in [0.29, 0.717) is 28.3 Å². The number of terminal acetylenes is 1. The number of hydrogen-bond donors (Lipinski definition) is 0. The van der Waals surface area contributed by atoms with E-state index in [9.17, 15) is 4.55 Å². The van der Waals surface area contributed by atoms with Crippen molar-refractivity contribution < 1.29 is 4.55 Å². The van der Waals surface area contributed by atoms with E-state index in [0.717, 1.165) is 18.6 Å². The second kappa shape index (κ2) is 6.59. The summed E-state index contributed by atoms with van der Waals surface area (Å²) in [5.74, 6) is 7.44. The molecule has 1 aliphatic heterocycles. The van der Waals surface area contributed by atoms with Gasteiger partial charge in [-0.2, -0.15) is 0 Å². The van der Waals surface area contributed by atoms with Gasteiger partial charge in [0.05, 0.1) is 0 Å². The summed E-state index contributed by atoms with van der Waals surface area (Å²) >= 11 is 1.34. The Morgan fingerprint density at radius 1 is 1.28 bits per heavy atom. The first-order chi connectivity index (χ1) is 8.61. The first-order valence-corrected chi connectivity index (χ1v) is 9.49. The normalized spacial score (nSPS) is 41.6. The highest BCUT2D eigenvalue weighted by Gasteiger charge is 2.40. The zero-order valence-electron chi connectivity index (χ0n) is 11.4. The average molecular weight is 284 g/mol. The van der Waals surface area contributed by atoms with Crippen molar-refractivity contribution in [1.29, 1.82) is 0 Å². The quantitative estimate of drug-likeness (QED) is 0.572. The Kier molecular flexibility index (Phi) is 5.35. The van der Waals surface area contributed by atoms with Crippen molar-refractivity contribution in [3.8, 4) is 12.3 Å². The van der Waals surface area contributed by atoms with Gasteiger partial charge in [0.2, 0.25) is 0 Å². The van der Waals surface area contributed by atoms with Crippen LogP contribution in [0.3, 0.4) is 0 Å². The van der Waals surface area contributed by atoms with Gasteiger partial charge in [0.1, 0.15) is 5.75 Å². The van der Waals surface area contributed by atoms with Crippen LogP contribution < -0.4 is 0 Å². The molecule has 0 aromatic rings. The topological polar surface area (TPSA) is 23.1 Å². The molecule has 0 radical (unpaired) electrons. The number of thioether (sulfide) groups is 1. The average Bonchev–Trinajstić information content (AvgIpc) is 2.38. The smallest absolute Gasteiger partial charge is 0.163 e. The molecule has 0 spiro atoms. The molecule has 0 aromatic carbocycles. The lowest BCUT2D eigenvalue weighted by molar-refractivity contribution is 0.327. The number of rotatable bonds is 2. The molecular formula is C15H24OS2. The summed E-state index contributed by atoms with van der Waals surface area (Å²) in [6.45, 7) is 4.50. The molecule has 1 saturated heterocycles. The molecule has 2 aliphatic rings. The van der Waals surface area contributed by atoms with E-state index in [-0.39, 0.29) is 0 Å². The molecular weight excluding hydrogens is 260 g/mol. The Morgan fingerprint density at radius 2 is 1.94 bits per heavy atom. The van der Waals surface area contributed by atoms with E-state index in [1.165, 1.54) is 18.6 Å². The first kappa shape index (κ1) is 14.6. The van der Waals surface area contributed by atoms with E-state index in [4.69, 9.17) is 6.42 Å². The predicted molar refractivity (Wildman–Crippen MR) is 81.9 cm³/mol. The van der Waals surface area contributed by atoms with Gasteiger partial charge in [-0.1, -0.05) is 13.8 Å². The van der Waals surface area contributed by atoms with Crippen molar-refractivity contribution in [2.45, 2.75) is 44.1 Å². The third kappa shape index (κ3) is 3.40. The second-order valence-corrected chi connectivity index (χ2v) is 9.11. The van der Waals surface area contributed by atoms with Gasteiger partial charge >= 0.3 is 0 Å². The fourth-order valence-electron chi connectivity index (χ4n) is 2.94. The van der Waals surface area contributed by atoms with Crippen molar-refractivity contribution in [3.63, 3.8) is 0 Å². The van der Waals surface area contributed by atoms with Crippen molar-refractivity contribution >= 4 is 22.9 Å². The SMILES string of the molecule is C#CC1CCC([C@@H]2SC[C@H](C(C)C)C[S@@+]2[O-])CC1. The molecule has 1 aliphatic carbocycles. The Bertz CT molecular complexity index is 302. The zero-order chi connectivity index (χ0) is 13.1. The Labute approximate surface area is 119 Å². The highest BCUT2D eigenvalue weighted by Crippen LogP contribution is 2.42. The van der Waals surface area contributed by atoms with Crippen LogP contribution in [-0.4, -0.2) is 20.6 Å². The molecule has 2 fully saturated rings. The molecule has 1 nitrogen and oxygen atoms in total. The third-order valence-electron chi connectivity index (χ3n) is 4.45. The molecule has 3 heteroatoms. The van der Waals surface area contributed by atoms with Crippen LogP contribution in [0.1, 0.15) is 39.5 Å². The molecule has 3 atom stereocenters. The lowest BCUT2D eigenvalue weighted by Crippen LogP contribution is -2.40. The molecule has 2 rings (SSSR count). The maximum atomic E-state index is 12.4. The molecule has 18 heavy (non-hydrogen) atoms. The molecule has 1 saturated carbocycles. The second-order valence-electron chi connectivity index (χ2n) is 6.03. The van der Waals surface area contributed by atoms with E-state index in [1.807, 2.05) is 11.8 Å². The van der Waals surface area contributed by atoms with E-state index in [1.54, 1.807) is 0 Å². The van der Waals surface area contributed by atoms with Crippen molar-refractivity contribution in [2.75, 3.05) is 11.5 Å². The van der Waals surface area contributed by atoms with Gasteiger partial charge < -0.3 is 4.55 Å². The van der Waals surface area contributed by atoms with Crippen molar-refractivity contribution in [1.82, 2.24) is 0 Å².